The van der Waals surface area contributed by atoms with Crippen LogP contribution in [0.4, 0.5) is 0 Å². The van der Waals surface area contributed by atoms with E-state index in [2.05, 4.69) is 17.2 Å². The van der Waals surface area contributed by atoms with E-state index in [0.29, 0.717) is 6.54 Å². The van der Waals surface area contributed by atoms with E-state index in [1.165, 1.54) is 0 Å². The van der Waals surface area contributed by atoms with Crippen molar-refractivity contribution in [1.29, 1.82) is 0 Å². The van der Waals surface area contributed by atoms with Crippen molar-refractivity contribution in [1.82, 2.24) is 5.32 Å². The highest BCUT2D eigenvalue weighted by Crippen LogP contribution is 2.15. The van der Waals surface area contributed by atoms with Crippen molar-refractivity contribution >= 4 is 11.6 Å². The summed E-state index contributed by atoms with van der Waals surface area (Å²) >= 11 is 5.84. The molecule has 1 unspecified atom stereocenters. The summed E-state index contributed by atoms with van der Waals surface area (Å²) < 4.78 is 0. The molecular weight excluding hydrogens is 220 g/mol. The summed E-state index contributed by atoms with van der Waals surface area (Å²) in [4.78, 5) is 0. The van der Waals surface area contributed by atoms with Gasteiger partial charge in [-0.15, -0.1) is 11.8 Å². The van der Waals surface area contributed by atoms with E-state index in [1.807, 2.05) is 31.2 Å². The molecule has 0 aromatic heterocycles. The van der Waals surface area contributed by atoms with Gasteiger partial charge >= 0.3 is 0 Å². The Morgan fingerprint density at radius 1 is 1.38 bits per heavy atom. The second-order valence-corrected chi connectivity index (χ2v) is 3.91. The molecule has 0 saturated carbocycles. The lowest BCUT2D eigenvalue weighted by molar-refractivity contribution is 0.550. The van der Waals surface area contributed by atoms with Crippen molar-refractivity contribution in [2.75, 3.05) is 13.1 Å². The Labute approximate surface area is 102 Å². The quantitative estimate of drug-likeness (QED) is 0.609. The molecular formula is C13H17ClN2. The molecule has 0 fully saturated rings. The highest BCUT2D eigenvalue weighted by atomic mass is 35.5. The summed E-state index contributed by atoms with van der Waals surface area (Å²) in [6.07, 6.45) is 0.848. The van der Waals surface area contributed by atoms with Crippen molar-refractivity contribution in [3.63, 3.8) is 0 Å². The van der Waals surface area contributed by atoms with Gasteiger partial charge < -0.3 is 11.1 Å². The highest BCUT2D eigenvalue weighted by Gasteiger charge is 2.07. The van der Waals surface area contributed by atoms with Crippen LogP contribution in [0.5, 0.6) is 0 Å². The number of hydrogen-bond donors (Lipinski definition) is 2. The van der Waals surface area contributed by atoms with Crippen LogP contribution in [0.2, 0.25) is 5.02 Å². The van der Waals surface area contributed by atoms with Crippen molar-refractivity contribution in [2.45, 2.75) is 19.4 Å². The molecule has 1 rings (SSSR count). The molecule has 0 aliphatic carbocycles. The van der Waals surface area contributed by atoms with E-state index < -0.39 is 0 Å². The van der Waals surface area contributed by atoms with E-state index in [9.17, 15) is 0 Å². The van der Waals surface area contributed by atoms with Crippen LogP contribution < -0.4 is 11.1 Å². The second-order valence-electron chi connectivity index (χ2n) is 3.47. The second kappa shape index (κ2) is 7.29. The van der Waals surface area contributed by atoms with Gasteiger partial charge in [-0.25, -0.2) is 0 Å². The summed E-state index contributed by atoms with van der Waals surface area (Å²) in [7, 11) is 0. The van der Waals surface area contributed by atoms with Gasteiger partial charge in [-0.2, -0.15) is 0 Å². The standard InChI is InChI=1S/C13H17ClN2/c1-2-3-4-9-16-13(10-15)11-5-7-12(14)8-6-11/h5-8,13,16H,4,9-10,15H2,1H3. The first-order chi connectivity index (χ1) is 7.77. The normalized spacial score (nSPS) is 11.7. The van der Waals surface area contributed by atoms with Crippen LogP contribution in [-0.4, -0.2) is 13.1 Å². The highest BCUT2D eigenvalue weighted by molar-refractivity contribution is 6.30. The first-order valence-electron chi connectivity index (χ1n) is 5.36. The third kappa shape index (κ3) is 4.24. The maximum Gasteiger partial charge on any atom is 0.0444 e. The minimum absolute atomic E-state index is 0.177. The van der Waals surface area contributed by atoms with Crippen LogP contribution in [0.25, 0.3) is 0 Å². The fourth-order valence-corrected chi connectivity index (χ4v) is 1.59. The predicted octanol–water partition coefficient (Wildman–Crippen LogP) is 2.34. The zero-order valence-corrected chi connectivity index (χ0v) is 10.2. The van der Waals surface area contributed by atoms with Crippen molar-refractivity contribution in [2.24, 2.45) is 5.73 Å². The van der Waals surface area contributed by atoms with Crippen molar-refractivity contribution in [3.8, 4) is 11.8 Å². The topological polar surface area (TPSA) is 38.0 Å². The molecule has 0 heterocycles. The molecule has 16 heavy (non-hydrogen) atoms. The molecule has 1 aromatic rings. The zero-order chi connectivity index (χ0) is 11.8. The average molecular weight is 237 g/mol. The lowest BCUT2D eigenvalue weighted by Gasteiger charge is -2.16. The molecule has 0 aliphatic heterocycles. The molecule has 0 radical (unpaired) electrons. The number of nitrogens with one attached hydrogen (secondary N) is 1. The lowest BCUT2D eigenvalue weighted by Crippen LogP contribution is -2.28. The summed E-state index contributed by atoms with van der Waals surface area (Å²) in [5, 5.41) is 4.12. The molecule has 3 N–H and O–H groups in total. The van der Waals surface area contributed by atoms with Crippen molar-refractivity contribution < 1.29 is 0 Å². The maximum atomic E-state index is 5.84. The van der Waals surface area contributed by atoms with E-state index in [1.54, 1.807) is 0 Å². The Balaban J connectivity index is 2.52. The van der Waals surface area contributed by atoms with Gasteiger partial charge in [0.2, 0.25) is 0 Å². The van der Waals surface area contributed by atoms with Gasteiger partial charge in [0.1, 0.15) is 0 Å². The smallest absolute Gasteiger partial charge is 0.0444 e. The van der Waals surface area contributed by atoms with Crippen LogP contribution in [0.3, 0.4) is 0 Å². The van der Waals surface area contributed by atoms with E-state index >= 15 is 0 Å². The fourth-order valence-electron chi connectivity index (χ4n) is 1.47. The fraction of sp³-hybridized carbons (Fsp3) is 0.385. The van der Waals surface area contributed by atoms with E-state index in [0.717, 1.165) is 23.6 Å². The minimum Gasteiger partial charge on any atom is -0.329 e. The van der Waals surface area contributed by atoms with Gasteiger partial charge in [0, 0.05) is 30.6 Å². The maximum absolute atomic E-state index is 5.84. The van der Waals surface area contributed by atoms with Gasteiger partial charge in [0.25, 0.3) is 0 Å². The lowest BCUT2D eigenvalue weighted by atomic mass is 10.1. The number of benzene rings is 1. The zero-order valence-electron chi connectivity index (χ0n) is 9.46. The largest absolute Gasteiger partial charge is 0.329 e. The van der Waals surface area contributed by atoms with Crippen LogP contribution in [-0.2, 0) is 0 Å². The molecule has 0 aliphatic rings. The SMILES string of the molecule is CC#CCCNC(CN)c1ccc(Cl)cc1. The molecule has 86 valence electrons. The Bertz CT molecular complexity index is 362. The number of nitrogens with two attached hydrogens (primary N) is 1. The summed E-state index contributed by atoms with van der Waals surface area (Å²) in [5.74, 6) is 5.88. The van der Waals surface area contributed by atoms with Crippen LogP contribution in [0.15, 0.2) is 24.3 Å². The Kier molecular flexibility index (Phi) is 5.95. The third-order valence-corrected chi connectivity index (χ3v) is 2.58. The Morgan fingerprint density at radius 2 is 2.06 bits per heavy atom. The third-order valence-electron chi connectivity index (χ3n) is 2.33. The predicted molar refractivity (Wildman–Crippen MR) is 69.3 cm³/mol. The molecule has 0 amide bonds. The monoisotopic (exact) mass is 236 g/mol. The van der Waals surface area contributed by atoms with Crippen LogP contribution in [0.1, 0.15) is 24.9 Å². The Morgan fingerprint density at radius 3 is 2.62 bits per heavy atom. The number of rotatable bonds is 5. The molecule has 1 atom stereocenters. The van der Waals surface area contributed by atoms with Gasteiger partial charge in [0.05, 0.1) is 0 Å². The van der Waals surface area contributed by atoms with E-state index in [4.69, 9.17) is 17.3 Å². The van der Waals surface area contributed by atoms with Gasteiger partial charge in [-0.3, -0.25) is 0 Å². The average Bonchev–Trinajstić information content (AvgIpc) is 2.31. The van der Waals surface area contributed by atoms with E-state index in [-0.39, 0.29) is 6.04 Å². The molecule has 2 nitrogen and oxygen atoms in total. The van der Waals surface area contributed by atoms with Gasteiger partial charge in [0.15, 0.2) is 0 Å². The summed E-state index contributed by atoms with van der Waals surface area (Å²) in [6, 6.07) is 7.94. The summed E-state index contributed by atoms with van der Waals surface area (Å²) in [6.45, 7) is 3.27. The number of hydrogen-bond acceptors (Lipinski definition) is 2. The van der Waals surface area contributed by atoms with Gasteiger partial charge in [-0.05, 0) is 24.6 Å². The number of halogens is 1. The molecule has 1 aromatic carbocycles. The first kappa shape index (κ1) is 13.1. The molecule has 0 saturated heterocycles. The molecule has 0 bridgehead atoms. The van der Waals surface area contributed by atoms with Crippen molar-refractivity contribution in [3.05, 3.63) is 34.9 Å². The Hall–Kier alpha value is -1.01. The summed E-state index contributed by atoms with van der Waals surface area (Å²) in [5.41, 5.74) is 6.89. The minimum atomic E-state index is 0.177. The molecule has 3 heteroatoms. The first-order valence-corrected chi connectivity index (χ1v) is 5.74. The van der Waals surface area contributed by atoms with Crippen LogP contribution in [0, 0.1) is 11.8 Å². The van der Waals surface area contributed by atoms with Gasteiger partial charge in [-0.1, -0.05) is 23.7 Å². The van der Waals surface area contributed by atoms with Crippen LogP contribution >= 0.6 is 11.6 Å². The molecule has 0 spiro atoms.